The highest BCUT2D eigenvalue weighted by Gasteiger charge is 2.38. The van der Waals surface area contributed by atoms with Gasteiger partial charge in [0.15, 0.2) is 0 Å². The number of halogens is 2. The summed E-state index contributed by atoms with van der Waals surface area (Å²) < 4.78 is 26.5. The zero-order chi connectivity index (χ0) is 17.2. The molecule has 5 nitrogen and oxygen atoms in total. The summed E-state index contributed by atoms with van der Waals surface area (Å²) >= 11 is 0. The number of likely N-dealkylation sites (tertiary alicyclic amines) is 1. The van der Waals surface area contributed by atoms with Crippen LogP contribution in [0.1, 0.15) is 31.4 Å². The molecule has 0 radical (unpaired) electrons. The Morgan fingerprint density at radius 1 is 1.29 bits per heavy atom. The number of carbonyl (C=O) groups excluding carboxylic acids is 1. The lowest BCUT2D eigenvalue weighted by atomic mass is 9.94. The van der Waals surface area contributed by atoms with E-state index in [4.69, 9.17) is 5.26 Å². The molecule has 1 aromatic heterocycles. The summed E-state index contributed by atoms with van der Waals surface area (Å²) in [4.78, 5) is 20.4. The number of carbonyl (C=O) groups is 1. The predicted molar refractivity (Wildman–Crippen MR) is 84.7 cm³/mol. The highest BCUT2D eigenvalue weighted by atomic mass is 19.3. The van der Waals surface area contributed by atoms with Crippen LogP contribution in [0.25, 0.3) is 0 Å². The minimum absolute atomic E-state index is 0.0168. The normalized spacial score (nSPS) is 23.6. The van der Waals surface area contributed by atoms with Crippen molar-refractivity contribution < 1.29 is 13.6 Å². The lowest BCUT2D eigenvalue weighted by molar-refractivity contribution is -0.141. The third-order valence-electron chi connectivity index (χ3n) is 4.80. The third-order valence-corrected chi connectivity index (χ3v) is 4.80. The van der Waals surface area contributed by atoms with E-state index in [2.05, 4.69) is 9.88 Å². The highest BCUT2D eigenvalue weighted by Crippen LogP contribution is 2.30. The van der Waals surface area contributed by atoms with Crippen LogP contribution in [0.15, 0.2) is 18.3 Å². The van der Waals surface area contributed by atoms with Gasteiger partial charge in [0.05, 0.1) is 17.8 Å². The van der Waals surface area contributed by atoms with Crippen LogP contribution >= 0.6 is 0 Å². The molecule has 1 unspecified atom stereocenters. The summed E-state index contributed by atoms with van der Waals surface area (Å²) in [6.07, 6.45) is 2.82. The molecule has 3 rings (SSSR count). The summed E-state index contributed by atoms with van der Waals surface area (Å²) in [5.41, 5.74) is 1.24. The Hall–Kier alpha value is -2.23. The fourth-order valence-electron chi connectivity index (χ4n) is 3.36. The predicted octanol–water partition coefficient (Wildman–Crippen LogP) is 2.43. The summed E-state index contributed by atoms with van der Waals surface area (Å²) in [5.74, 6) is -2.82. The van der Waals surface area contributed by atoms with Gasteiger partial charge in [-0.1, -0.05) is 0 Å². The van der Waals surface area contributed by atoms with Crippen molar-refractivity contribution in [1.29, 1.82) is 5.26 Å². The van der Waals surface area contributed by atoms with Crippen LogP contribution in [0.2, 0.25) is 0 Å². The summed E-state index contributed by atoms with van der Waals surface area (Å²) in [6, 6.07) is 5.48. The summed E-state index contributed by atoms with van der Waals surface area (Å²) in [5, 5.41) is 8.81. The minimum Gasteiger partial charge on any atom is -0.369 e. The van der Waals surface area contributed by atoms with Gasteiger partial charge in [-0.2, -0.15) is 5.26 Å². The molecule has 3 heterocycles. The monoisotopic (exact) mass is 334 g/mol. The zero-order valence-corrected chi connectivity index (χ0v) is 13.4. The molecule has 0 saturated carbocycles. The molecule has 0 aromatic carbocycles. The maximum absolute atomic E-state index is 13.3. The first-order chi connectivity index (χ1) is 11.5. The van der Waals surface area contributed by atoms with E-state index in [-0.39, 0.29) is 37.8 Å². The Kier molecular flexibility index (Phi) is 4.65. The van der Waals surface area contributed by atoms with Gasteiger partial charge in [0.1, 0.15) is 11.8 Å². The van der Waals surface area contributed by atoms with E-state index in [9.17, 15) is 13.6 Å². The van der Waals surface area contributed by atoms with Crippen LogP contribution in [0, 0.1) is 17.2 Å². The van der Waals surface area contributed by atoms with Crippen molar-refractivity contribution >= 4 is 11.6 Å². The molecule has 1 aromatic rings. The number of pyridine rings is 1. The summed E-state index contributed by atoms with van der Waals surface area (Å²) in [7, 11) is 0. The molecule has 0 aliphatic carbocycles. The van der Waals surface area contributed by atoms with Gasteiger partial charge in [0, 0.05) is 39.0 Å². The zero-order valence-electron chi connectivity index (χ0n) is 13.4. The van der Waals surface area contributed by atoms with Gasteiger partial charge in [-0.25, -0.2) is 13.8 Å². The number of aromatic nitrogens is 1. The van der Waals surface area contributed by atoms with Crippen molar-refractivity contribution in [3.8, 4) is 6.07 Å². The fourth-order valence-corrected chi connectivity index (χ4v) is 3.36. The molecular weight excluding hydrogens is 314 g/mol. The van der Waals surface area contributed by atoms with E-state index >= 15 is 0 Å². The van der Waals surface area contributed by atoms with Crippen molar-refractivity contribution in [3.63, 3.8) is 0 Å². The van der Waals surface area contributed by atoms with Gasteiger partial charge in [-0.05, 0) is 25.0 Å². The number of anilines is 1. The second-order valence-corrected chi connectivity index (χ2v) is 6.48. The van der Waals surface area contributed by atoms with E-state index < -0.39 is 5.92 Å². The number of nitrogens with zero attached hydrogens (tertiary/aromatic N) is 4. The first-order valence-electron chi connectivity index (χ1n) is 8.26. The van der Waals surface area contributed by atoms with Gasteiger partial charge in [0.2, 0.25) is 5.91 Å². The quantitative estimate of drug-likeness (QED) is 0.833. The van der Waals surface area contributed by atoms with E-state index in [1.54, 1.807) is 17.2 Å². The maximum atomic E-state index is 13.3. The van der Waals surface area contributed by atoms with Crippen molar-refractivity contribution in [3.05, 3.63) is 24.0 Å². The second kappa shape index (κ2) is 6.71. The van der Waals surface area contributed by atoms with Crippen LogP contribution in [0.5, 0.6) is 0 Å². The van der Waals surface area contributed by atoms with Gasteiger partial charge in [-0.15, -0.1) is 0 Å². The van der Waals surface area contributed by atoms with Crippen LogP contribution in [0.4, 0.5) is 14.5 Å². The highest BCUT2D eigenvalue weighted by molar-refractivity contribution is 5.80. The van der Waals surface area contributed by atoms with Crippen molar-refractivity contribution in [1.82, 2.24) is 9.88 Å². The molecular formula is C17H20F2N4O. The largest absolute Gasteiger partial charge is 0.369 e. The van der Waals surface area contributed by atoms with Gasteiger partial charge in [0.25, 0.3) is 5.92 Å². The topological polar surface area (TPSA) is 60.2 Å². The number of amides is 1. The minimum atomic E-state index is -2.64. The number of rotatable bonds is 2. The molecule has 2 fully saturated rings. The standard InChI is InChI=1S/C17H20F2N4O/c18-17(19)5-8-22(9-6-17)16(24)13-2-1-7-23(12-13)15-4-3-14(10-20)21-11-15/h3-4,11,13H,1-2,5-9,12H2. The molecule has 128 valence electrons. The number of hydrogen-bond donors (Lipinski definition) is 0. The molecule has 0 spiro atoms. The van der Waals surface area contributed by atoms with Crippen molar-refractivity contribution in [2.75, 3.05) is 31.1 Å². The Bertz CT molecular complexity index is 631. The Morgan fingerprint density at radius 2 is 2.04 bits per heavy atom. The van der Waals surface area contributed by atoms with Crippen molar-refractivity contribution in [2.24, 2.45) is 5.92 Å². The van der Waals surface area contributed by atoms with E-state index in [1.807, 2.05) is 12.1 Å². The Labute approximate surface area is 139 Å². The molecule has 7 heteroatoms. The number of piperidine rings is 2. The lowest BCUT2D eigenvalue weighted by Gasteiger charge is -2.38. The van der Waals surface area contributed by atoms with E-state index in [0.29, 0.717) is 12.2 Å². The number of hydrogen-bond acceptors (Lipinski definition) is 4. The van der Waals surface area contributed by atoms with Crippen molar-refractivity contribution in [2.45, 2.75) is 31.6 Å². The van der Waals surface area contributed by atoms with Gasteiger partial charge in [-0.3, -0.25) is 4.79 Å². The first kappa shape index (κ1) is 16.6. The van der Waals surface area contributed by atoms with Gasteiger partial charge < -0.3 is 9.80 Å². The van der Waals surface area contributed by atoms with E-state index in [1.165, 1.54) is 0 Å². The maximum Gasteiger partial charge on any atom is 0.251 e. The smallest absolute Gasteiger partial charge is 0.251 e. The van der Waals surface area contributed by atoms with Crippen LogP contribution < -0.4 is 4.90 Å². The Balaban J connectivity index is 1.62. The van der Waals surface area contributed by atoms with E-state index in [0.717, 1.165) is 25.1 Å². The molecule has 1 amide bonds. The average Bonchev–Trinajstić information content (AvgIpc) is 2.61. The molecule has 0 bridgehead atoms. The average molecular weight is 334 g/mol. The Morgan fingerprint density at radius 3 is 2.67 bits per heavy atom. The lowest BCUT2D eigenvalue weighted by Crippen LogP contribution is -2.49. The van der Waals surface area contributed by atoms with Crippen LogP contribution in [-0.4, -0.2) is 47.9 Å². The molecule has 2 aliphatic heterocycles. The first-order valence-corrected chi connectivity index (χ1v) is 8.26. The van der Waals surface area contributed by atoms with Crippen LogP contribution in [-0.2, 0) is 4.79 Å². The van der Waals surface area contributed by atoms with Gasteiger partial charge >= 0.3 is 0 Å². The number of nitriles is 1. The molecule has 2 aliphatic rings. The number of alkyl halides is 2. The molecule has 0 N–H and O–H groups in total. The third kappa shape index (κ3) is 3.64. The van der Waals surface area contributed by atoms with Crippen LogP contribution in [0.3, 0.4) is 0 Å². The molecule has 1 atom stereocenters. The summed E-state index contributed by atoms with van der Waals surface area (Å²) in [6.45, 7) is 1.68. The molecule has 2 saturated heterocycles. The fraction of sp³-hybridized carbons (Fsp3) is 0.588. The molecule has 24 heavy (non-hydrogen) atoms. The SMILES string of the molecule is N#Cc1ccc(N2CCCC(C(=O)N3CCC(F)(F)CC3)C2)cn1. The second-order valence-electron chi connectivity index (χ2n) is 6.48.